The van der Waals surface area contributed by atoms with E-state index >= 15 is 0 Å². The zero-order chi connectivity index (χ0) is 24.2. The van der Waals surface area contributed by atoms with Gasteiger partial charge >= 0.3 is 0 Å². The molecule has 0 bridgehead atoms. The van der Waals surface area contributed by atoms with Gasteiger partial charge in [-0.15, -0.1) is 0 Å². The average Bonchev–Trinajstić information content (AvgIpc) is 2.88. The lowest BCUT2D eigenvalue weighted by Crippen LogP contribution is -2.04. The summed E-state index contributed by atoms with van der Waals surface area (Å²) in [5, 5.41) is 36.9. The van der Waals surface area contributed by atoms with Crippen LogP contribution >= 0.6 is 0 Å². The highest BCUT2D eigenvalue weighted by Crippen LogP contribution is 2.36. The van der Waals surface area contributed by atoms with Crippen LogP contribution in [-0.2, 0) is 0 Å². The minimum Gasteiger partial charge on any atom is -0.507 e. The second kappa shape index (κ2) is 12.9. The number of para-hydroxylation sites is 4. The molecule has 0 amide bonds. The molecule has 0 aliphatic rings. The Morgan fingerprint density at radius 3 is 1.12 bits per heavy atom. The summed E-state index contributed by atoms with van der Waals surface area (Å²) < 4.78 is 11.1. The standard InChI is InChI=1S/C16H18O4.C12H10O2/c17-9-11-19-15-7-3-1-5-13(15)14-6-2-4-8-16(14)20-12-10-18;13-11-7-3-1-5-9(11)10-6-2-4-8-12(10)14/h1-8,17-18H,9-12H2;1-8,13-14H. The van der Waals surface area contributed by atoms with E-state index in [1.54, 1.807) is 36.4 Å². The number of phenols is 2. The van der Waals surface area contributed by atoms with Crippen LogP contribution in [0.2, 0.25) is 0 Å². The summed E-state index contributed by atoms with van der Waals surface area (Å²) in [6, 6.07) is 29.1. The molecule has 4 aromatic rings. The number of aromatic hydroxyl groups is 2. The zero-order valence-electron chi connectivity index (χ0n) is 18.7. The quantitative estimate of drug-likeness (QED) is 0.300. The summed E-state index contributed by atoms with van der Waals surface area (Å²) in [7, 11) is 0. The molecule has 4 aromatic carbocycles. The summed E-state index contributed by atoms with van der Waals surface area (Å²) in [4.78, 5) is 0. The minimum absolute atomic E-state index is 0.0308. The van der Waals surface area contributed by atoms with E-state index in [4.69, 9.17) is 19.7 Å². The molecule has 0 saturated carbocycles. The SMILES string of the molecule is OCCOc1ccccc1-c1ccccc1OCCO.Oc1ccccc1-c1ccccc1O. The average molecular weight is 461 g/mol. The molecule has 6 nitrogen and oxygen atoms in total. The van der Waals surface area contributed by atoms with Crippen LogP contribution in [0.4, 0.5) is 0 Å². The number of benzene rings is 4. The summed E-state index contributed by atoms with van der Waals surface area (Å²) >= 11 is 0. The Labute approximate surface area is 198 Å². The molecule has 6 heteroatoms. The van der Waals surface area contributed by atoms with Gasteiger partial charge in [-0.3, -0.25) is 0 Å². The molecule has 176 valence electrons. The van der Waals surface area contributed by atoms with Crippen molar-refractivity contribution < 1.29 is 29.9 Å². The summed E-state index contributed by atoms with van der Waals surface area (Å²) in [5.74, 6) is 1.74. The molecular weight excluding hydrogens is 432 g/mol. The Bertz CT molecular complexity index is 1080. The van der Waals surface area contributed by atoms with E-state index in [0.717, 1.165) is 11.1 Å². The maximum atomic E-state index is 9.58. The maximum Gasteiger partial charge on any atom is 0.127 e. The van der Waals surface area contributed by atoms with Gasteiger partial charge in [0, 0.05) is 22.3 Å². The largest absolute Gasteiger partial charge is 0.507 e. The number of hydrogen-bond acceptors (Lipinski definition) is 6. The molecule has 0 aliphatic carbocycles. The van der Waals surface area contributed by atoms with Gasteiger partial charge < -0.3 is 29.9 Å². The second-order valence-electron chi connectivity index (χ2n) is 7.17. The third kappa shape index (κ3) is 6.51. The number of rotatable bonds is 8. The van der Waals surface area contributed by atoms with Crippen LogP contribution < -0.4 is 9.47 Å². The lowest BCUT2D eigenvalue weighted by atomic mass is 10.0. The smallest absolute Gasteiger partial charge is 0.127 e. The first-order chi connectivity index (χ1) is 16.7. The fourth-order valence-electron chi connectivity index (χ4n) is 3.34. The van der Waals surface area contributed by atoms with Gasteiger partial charge in [-0.05, 0) is 24.3 Å². The van der Waals surface area contributed by atoms with E-state index in [1.807, 2.05) is 60.7 Å². The van der Waals surface area contributed by atoms with Crippen LogP contribution in [0.5, 0.6) is 23.0 Å². The Kier molecular flexibility index (Phi) is 9.34. The first-order valence-corrected chi connectivity index (χ1v) is 10.9. The highest BCUT2D eigenvalue weighted by atomic mass is 16.5. The number of aliphatic hydroxyl groups excluding tert-OH is 2. The van der Waals surface area contributed by atoms with Crippen LogP contribution in [0, 0.1) is 0 Å². The van der Waals surface area contributed by atoms with Crippen molar-refractivity contribution in [3.63, 3.8) is 0 Å². The van der Waals surface area contributed by atoms with E-state index < -0.39 is 0 Å². The fraction of sp³-hybridized carbons (Fsp3) is 0.143. The lowest BCUT2D eigenvalue weighted by Gasteiger charge is -2.14. The molecule has 0 spiro atoms. The van der Waals surface area contributed by atoms with Crippen LogP contribution in [0.15, 0.2) is 97.1 Å². The van der Waals surface area contributed by atoms with Gasteiger partial charge in [0.15, 0.2) is 0 Å². The summed E-state index contributed by atoms with van der Waals surface area (Å²) in [6.07, 6.45) is 0. The maximum absolute atomic E-state index is 9.58. The zero-order valence-corrected chi connectivity index (χ0v) is 18.7. The van der Waals surface area contributed by atoms with Crippen molar-refractivity contribution in [2.24, 2.45) is 0 Å². The summed E-state index contributed by atoms with van der Waals surface area (Å²) in [6.45, 7) is 0.432. The van der Waals surface area contributed by atoms with Crippen molar-refractivity contribution in [2.75, 3.05) is 26.4 Å². The topological polar surface area (TPSA) is 99.4 Å². The Morgan fingerprint density at radius 2 is 0.765 bits per heavy atom. The van der Waals surface area contributed by atoms with Crippen molar-refractivity contribution in [3.8, 4) is 45.3 Å². The predicted molar refractivity (Wildman–Crippen MR) is 132 cm³/mol. The van der Waals surface area contributed by atoms with Gasteiger partial charge in [-0.1, -0.05) is 72.8 Å². The van der Waals surface area contributed by atoms with E-state index in [9.17, 15) is 10.2 Å². The number of phenolic OH excluding ortho intramolecular Hbond substituents is 2. The molecule has 0 saturated heterocycles. The molecule has 0 atom stereocenters. The van der Waals surface area contributed by atoms with Crippen molar-refractivity contribution in [1.82, 2.24) is 0 Å². The number of hydrogen-bond donors (Lipinski definition) is 4. The van der Waals surface area contributed by atoms with Crippen molar-refractivity contribution >= 4 is 0 Å². The molecule has 0 heterocycles. The van der Waals surface area contributed by atoms with Gasteiger partial charge in [0.25, 0.3) is 0 Å². The molecule has 0 aromatic heterocycles. The Hall–Kier alpha value is -4.00. The van der Waals surface area contributed by atoms with Crippen molar-refractivity contribution in [3.05, 3.63) is 97.1 Å². The van der Waals surface area contributed by atoms with Crippen molar-refractivity contribution in [1.29, 1.82) is 0 Å². The van der Waals surface area contributed by atoms with Crippen LogP contribution in [0.3, 0.4) is 0 Å². The van der Waals surface area contributed by atoms with E-state index in [0.29, 0.717) is 22.6 Å². The normalized spacial score (nSPS) is 10.2. The van der Waals surface area contributed by atoms with Gasteiger partial charge in [0.2, 0.25) is 0 Å². The summed E-state index contributed by atoms with van der Waals surface area (Å²) in [5.41, 5.74) is 3.08. The van der Waals surface area contributed by atoms with Crippen LogP contribution in [0.25, 0.3) is 22.3 Å². The molecule has 4 rings (SSSR count). The van der Waals surface area contributed by atoms with Gasteiger partial charge in [0.1, 0.15) is 36.2 Å². The molecule has 34 heavy (non-hydrogen) atoms. The Balaban J connectivity index is 0.000000202. The van der Waals surface area contributed by atoms with E-state index in [1.165, 1.54) is 0 Å². The molecule has 0 unspecified atom stereocenters. The van der Waals surface area contributed by atoms with Crippen LogP contribution in [0.1, 0.15) is 0 Å². The number of ether oxygens (including phenoxy) is 2. The monoisotopic (exact) mass is 460 g/mol. The fourth-order valence-corrected chi connectivity index (χ4v) is 3.34. The number of aliphatic hydroxyl groups is 2. The molecule has 4 N–H and O–H groups in total. The highest BCUT2D eigenvalue weighted by Gasteiger charge is 2.11. The van der Waals surface area contributed by atoms with Gasteiger partial charge in [-0.25, -0.2) is 0 Å². The van der Waals surface area contributed by atoms with E-state index in [2.05, 4.69) is 0 Å². The predicted octanol–water partition coefficient (Wildman–Crippen LogP) is 4.86. The van der Waals surface area contributed by atoms with Gasteiger partial charge in [0.05, 0.1) is 13.2 Å². The van der Waals surface area contributed by atoms with Gasteiger partial charge in [-0.2, -0.15) is 0 Å². The van der Waals surface area contributed by atoms with Crippen LogP contribution in [-0.4, -0.2) is 46.9 Å². The third-order valence-electron chi connectivity index (χ3n) is 4.86. The third-order valence-corrected chi connectivity index (χ3v) is 4.86. The highest BCUT2D eigenvalue weighted by molar-refractivity contribution is 5.76. The first-order valence-electron chi connectivity index (χ1n) is 10.9. The minimum atomic E-state index is -0.0308. The molecule has 0 fully saturated rings. The van der Waals surface area contributed by atoms with Crippen molar-refractivity contribution in [2.45, 2.75) is 0 Å². The lowest BCUT2D eigenvalue weighted by molar-refractivity contribution is 0.200. The van der Waals surface area contributed by atoms with E-state index in [-0.39, 0.29) is 37.9 Å². The molecular formula is C28H28O6. The molecule has 0 aliphatic heterocycles. The Morgan fingerprint density at radius 1 is 0.441 bits per heavy atom. The first kappa shape index (κ1) is 24.6. The second-order valence-corrected chi connectivity index (χ2v) is 7.17. The molecule has 0 radical (unpaired) electrons.